The number of amides is 1. The van der Waals surface area contributed by atoms with Crippen molar-refractivity contribution >= 4 is 17.8 Å². The second kappa shape index (κ2) is 15.0. The van der Waals surface area contributed by atoms with Gasteiger partial charge in [-0.25, -0.2) is 4.79 Å². The lowest BCUT2D eigenvalue weighted by Gasteiger charge is -2.34. The molecule has 2 unspecified atom stereocenters. The van der Waals surface area contributed by atoms with Gasteiger partial charge in [0.2, 0.25) is 0 Å². The first-order valence-corrected chi connectivity index (χ1v) is 13.5. The number of nitrogens with one attached hydrogen (secondary N) is 1. The lowest BCUT2D eigenvalue weighted by Crippen LogP contribution is -2.52. The fraction of sp³-hybridized carbons (Fsp3) is 0.700. The van der Waals surface area contributed by atoms with Crippen LogP contribution in [0.2, 0.25) is 0 Å². The monoisotopic (exact) mass is 503 g/mol. The highest BCUT2D eigenvalue weighted by atomic mass is 16.6. The highest BCUT2D eigenvalue weighted by Crippen LogP contribution is 2.47. The molecule has 0 spiro atoms. The first-order valence-electron chi connectivity index (χ1n) is 13.5. The van der Waals surface area contributed by atoms with E-state index in [1.54, 1.807) is 0 Å². The van der Waals surface area contributed by atoms with Gasteiger partial charge in [-0.1, -0.05) is 77.8 Å². The van der Waals surface area contributed by atoms with Crippen molar-refractivity contribution < 1.29 is 23.9 Å². The van der Waals surface area contributed by atoms with Gasteiger partial charge in [-0.3, -0.25) is 9.59 Å². The molecule has 36 heavy (non-hydrogen) atoms. The van der Waals surface area contributed by atoms with Crippen molar-refractivity contribution in [2.75, 3.05) is 0 Å². The maximum absolute atomic E-state index is 12.4. The number of Topliss-reactive ketones (excluding diaryl/α,β-unsaturated/α-hetero) is 1. The van der Waals surface area contributed by atoms with E-state index < -0.39 is 17.7 Å². The molecule has 1 aromatic rings. The summed E-state index contributed by atoms with van der Waals surface area (Å²) in [6, 6.07) is 9.32. The predicted molar refractivity (Wildman–Crippen MR) is 145 cm³/mol. The molecule has 204 valence electrons. The molecule has 6 heteroatoms. The van der Waals surface area contributed by atoms with E-state index in [0.717, 1.165) is 44.1 Å². The second-order valence-corrected chi connectivity index (χ2v) is 11.5. The van der Waals surface area contributed by atoms with Crippen LogP contribution in [0, 0.1) is 17.3 Å². The van der Waals surface area contributed by atoms with Crippen LogP contribution in [-0.4, -0.2) is 29.5 Å². The Kier molecular flexibility index (Phi) is 13.2. The zero-order valence-corrected chi connectivity index (χ0v) is 23.8. The molecular weight excluding hydrogens is 454 g/mol. The maximum Gasteiger partial charge on any atom is 0.408 e. The lowest BCUT2D eigenvalue weighted by atomic mass is 9.77. The van der Waals surface area contributed by atoms with E-state index in [4.69, 9.17) is 9.47 Å². The Balaban J connectivity index is 0.000000369. The molecule has 2 atom stereocenters. The third kappa shape index (κ3) is 12.0. The average Bonchev–Trinajstić information content (AvgIpc) is 3.65. The summed E-state index contributed by atoms with van der Waals surface area (Å²) in [6.45, 7) is 16.0. The van der Waals surface area contributed by atoms with Crippen molar-refractivity contribution in [2.24, 2.45) is 17.3 Å². The van der Waals surface area contributed by atoms with Gasteiger partial charge in [-0.05, 0) is 63.4 Å². The molecule has 1 saturated carbocycles. The SMILES string of the molecule is CCCC(=O)C(NC(=O)OC(C)(C)C)C(C)(C)C1CC1.CCCCC(C)C(=O)OCc1ccccc1. The van der Waals surface area contributed by atoms with Crippen molar-refractivity contribution in [2.45, 2.75) is 119 Å². The number of carbonyl (C=O) groups excluding carboxylic acids is 3. The fourth-order valence-corrected chi connectivity index (χ4v) is 4.06. The fourth-order valence-electron chi connectivity index (χ4n) is 4.06. The van der Waals surface area contributed by atoms with E-state index >= 15 is 0 Å². The Morgan fingerprint density at radius 1 is 1.00 bits per heavy atom. The summed E-state index contributed by atoms with van der Waals surface area (Å²) < 4.78 is 10.5. The van der Waals surface area contributed by atoms with E-state index in [1.807, 2.05) is 65.0 Å². The summed E-state index contributed by atoms with van der Waals surface area (Å²) in [5.41, 5.74) is 0.286. The van der Waals surface area contributed by atoms with Gasteiger partial charge in [-0.2, -0.15) is 0 Å². The van der Waals surface area contributed by atoms with Gasteiger partial charge >= 0.3 is 12.1 Å². The van der Waals surface area contributed by atoms with E-state index in [9.17, 15) is 14.4 Å². The minimum atomic E-state index is -0.549. The maximum atomic E-state index is 12.4. The van der Waals surface area contributed by atoms with Crippen LogP contribution in [0.1, 0.15) is 106 Å². The molecule has 1 aromatic carbocycles. The number of rotatable bonds is 12. The number of unbranched alkanes of at least 4 members (excludes halogenated alkanes) is 1. The van der Waals surface area contributed by atoms with Gasteiger partial charge < -0.3 is 14.8 Å². The van der Waals surface area contributed by atoms with Gasteiger partial charge in [0.15, 0.2) is 5.78 Å². The molecule has 2 rings (SSSR count). The number of hydrogen-bond donors (Lipinski definition) is 1. The highest BCUT2D eigenvalue weighted by molar-refractivity contribution is 5.88. The molecule has 0 aromatic heterocycles. The zero-order valence-electron chi connectivity index (χ0n) is 23.8. The Morgan fingerprint density at radius 3 is 2.11 bits per heavy atom. The average molecular weight is 504 g/mol. The summed E-state index contributed by atoms with van der Waals surface area (Å²) >= 11 is 0. The molecule has 0 aliphatic heterocycles. The first-order chi connectivity index (χ1) is 16.8. The summed E-state index contributed by atoms with van der Waals surface area (Å²) in [7, 11) is 0. The normalized spacial score (nSPS) is 15.1. The minimum absolute atomic E-state index is 0.0173. The molecule has 0 saturated heterocycles. The van der Waals surface area contributed by atoms with E-state index in [1.165, 1.54) is 0 Å². The highest BCUT2D eigenvalue weighted by Gasteiger charge is 2.46. The van der Waals surface area contributed by atoms with Gasteiger partial charge in [0.25, 0.3) is 0 Å². The minimum Gasteiger partial charge on any atom is -0.461 e. The third-order valence-electron chi connectivity index (χ3n) is 6.47. The Hall–Kier alpha value is -2.37. The molecule has 1 aliphatic rings. The van der Waals surface area contributed by atoms with Crippen LogP contribution in [0.25, 0.3) is 0 Å². The van der Waals surface area contributed by atoms with Crippen LogP contribution in [0.3, 0.4) is 0 Å². The Bertz CT molecular complexity index is 808. The zero-order chi connectivity index (χ0) is 27.4. The lowest BCUT2D eigenvalue weighted by molar-refractivity contribution is -0.149. The van der Waals surface area contributed by atoms with Crippen molar-refractivity contribution in [3.05, 3.63) is 35.9 Å². The molecule has 0 bridgehead atoms. The van der Waals surface area contributed by atoms with Crippen molar-refractivity contribution in [3.63, 3.8) is 0 Å². The van der Waals surface area contributed by atoms with Crippen molar-refractivity contribution in [1.82, 2.24) is 5.32 Å². The van der Waals surface area contributed by atoms with Crippen LogP contribution in [0.15, 0.2) is 30.3 Å². The van der Waals surface area contributed by atoms with E-state index in [-0.39, 0.29) is 23.1 Å². The number of ketones is 1. The van der Waals surface area contributed by atoms with Gasteiger partial charge in [0.05, 0.1) is 12.0 Å². The largest absolute Gasteiger partial charge is 0.461 e. The molecule has 1 N–H and O–H groups in total. The van der Waals surface area contributed by atoms with Crippen LogP contribution in [-0.2, 0) is 25.7 Å². The van der Waals surface area contributed by atoms with Crippen LogP contribution >= 0.6 is 0 Å². The summed E-state index contributed by atoms with van der Waals surface area (Å²) in [5.74, 6) is 0.555. The van der Waals surface area contributed by atoms with E-state index in [2.05, 4.69) is 26.1 Å². The van der Waals surface area contributed by atoms with Gasteiger partial charge in [-0.15, -0.1) is 0 Å². The Labute approximate surface area is 218 Å². The molecule has 6 nitrogen and oxygen atoms in total. The predicted octanol–water partition coefficient (Wildman–Crippen LogP) is 7.24. The van der Waals surface area contributed by atoms with Gasteiger partial charge in [0.1, 0.15) is 12.2 Å². The van der Waals surface area contributed by atoms with Crippen LogP contribution in [0.4, 0.5) is 4.79 Å². The quantitative estimate of drug-likeness (QED) is 0.304. The van der Waals surface area contributed by atoms with Crippen molar-refractivity contribution in [1.29, 1.82) is 0 Å². The smallest absolute Gasteiger partial charge is 0.408 e. The molecule has 1 amide bonds. The molecule has 1 fully saturated rings. The second-order valence-electron chi connectivity index (χ2n) is 11.5. The first kappa shape index (κ1) is 31.7. The number of hydrogen-bond acceptors (Lipinski definition) is 5. The number of esters is 1. The number of carbonyl (C=O) groups is 3. The molecule has 0 heterocycles. The number of ether oxygens (including phenoxy) is 2. The number of benzene rings is 1. The Morgan fingerprint density at radius 2 is 1.61 bits per heavy atom. The molecule has 0 radical (unpaired) electrons. The van der Waals surface area contributed by atoms with Crippen LogP contribution in [0.5, 0.6) is 0 Å². The van der Waals surface area contributed by atoms with Gasteiger partial charge in [0, 0.05) is 6.42 Å². The van der Waals surface area contributed by atoms with E-state index in [0.29, 0.717) is 18.9 Å². The van der Waals surface area contributed by atoms with Crippen LogP contribution < -0.4 is 5.32 Å². The standard InChI is InChI=1S/C16H29NO3.C14H20O2/c1-7-8-12(18)13(16(5,6)11-9-10-11)17-14(19)20-15(2,3)4;1-3-4-8-12(2)14(15)16-11-13-9-6-5-7-10-13/h11,13H,7-10H2,1-6H3,(H,17,19);5-7,9-10,12H,3-4,8,11H2,1-2H3. The summed E-state index contributed by atoms with van der Waals surface area (Å²) in [4.78, 5) is 35.9. The molecule has 1 aliphatic carbocycles. The summed E-state index contributed by atoms with van der Waals surface area (Å²) in [5, 5.41) is 2.81. The number of alkyl carbamates (subject to hydrolysis) is 1. The summed E-state index contributed by atoms with van der Waals surface area (Å²) in [6.07, 6.45) is 6.20. The topological polar surface area (TPSA) is 81.7 Å². The third-order valence-corrected chi connectivity index (χ3v) is 6.47. The van der Waals surface area contributed by atoms with Crippen molar-refractivity contribution in [3.8, 4) is 0 Å². The molecular formula is C30H49NO5.